The highest BCUT2D eigenvalue weighted by Gasteiger charge is 2.40. The molecule has 1 amide bonds. The molecule has 2 aliphatic heterocycles. The van der Waals surface area contributed by atoms with Crippen LogP contribution < -0.4 is 0 Å². The van der Waals surface area contributed by atoms with Gasteiger partial charge in [0.2, 0.25) is 5.91 Å². The predicted molar refractivity (Wildman–Crippen MR) is 114 cm³/mol. The summed E-state index contributed by atoms with van der Waals surface area (Å²) in [5, 5.41) is 6.72. The highest BCUT2D eigenvalue weighted by Crippen LogP contribution is 2.40. The Hall–Kier alpha value is -2.82. The van der Waals surface area contributed by atoms with E-state index in [4.69, 9.17) is 0 Å². The van der Waals surface area contributed by atoms with Gasteiger partial charge in [0, 0.05) is 18.5 Å². The van der Waals surface area contributed by atoms with Gasteiger partial charge < -0.3 is 9.80 Å². The molecule has 11 heteroatoms. The van der Waals surface area contributed by atoms with Crippen LogP contribution in [0.25, 0.3) is 0 Å². The number of rotatable bonds is 3. The number of aromatic amines is 1. The molecule has 0 atom stereocenters. The van der Waals surface area contributed by atoms with E-state index < -0.39 is 23.4 Å². The van der Waals surface area contributed by atoms with Crippen molar-refractivity contribution in [2.75, 3.05) is 26.7 Å². The Balaban J connectivity index is 0.000000196. The third-order valence-corrected chi connectivity index (χ3v) is 6.30. The smallest absolute Gasteiger partial charge is 0.336 e. The predicted octanol–water partition coefficient (Wildman–Crippen LogP) is 4.31. The molecule has 2 aliphatic rings. The number of fused-ring (bicyclic) bond motifs is 1. The van der Waals surface area contributed by atoms with Crippen molar-refractivity contribution in [2.24, 2.45) is 0 Å². The van der Waals surface area contributed by atoms with Gasteiger partial charge in [0.25, 0.3) is 0 Å². The minimum Gasteiger partial charge on any atom is -0.336 e. The van der Waals surface area contributed by atoms with Gasteiger partial charge in [-0.1, -0.05) is 13.0 Å². The van der Waals surface area contributed by atoms with Crippen LogP contribution in [0.1, 0.15) is 65.0 Å². The van der Waals surface area contributed by atoms with Gasteiger partial charge in [-0.3, -0.25) is 14.7 Å². The Morgan fingerprint density at radius 3 is 2.47 bits per heavy atom. The molecule has 1 aromatic carbocycles. The van der Waals surface area contributed by atoms with E-state index in [1.807, 2.05) is 18.9 Å². The highest BCUT2D eigenvalue weighted by atomic mass is 19.4. The minimum absolute atomic E-state index is 0.125. The molecular weight excluding hydrogens is 459 g/mol. The first kappa shape index (κ1) is 25.8. The zero-order valence-electron chi connectivity index (χ0n) is 19.0. The number of aldehydes is 1. The molecule has 0 radical (unpaired) electrons. The van der Waals surface area contributed by atoms with Gasteiger partial charge in [-0.25, -0.2) is 8.78 Å². The summed E-state index contributed by atoms with van der Waals surface area (Å²) in [5.41, 5.74) is 0.769. The standard InChI is InChI=1S/C13H14F5N.C10H13N3O2/c1-19-6-4-8(5-7-19)9-2-3-10(14)12(15)11(9)13(16,17)18;1-2-10(15)13-4-3-7-8(5-13)11-12-9(7)6-14/h2-3,8H,4-7H2,1H3;6H,2-5H2,1H3,(H,11,12). The molecule has 3 heterocycles. The molecule has 34 heavy (non-hydrogen) atoms. The SMILES string of the molecule is CCC(=O)N1CCc2c(C=O)n[nH]c2C1.CN1CCC(c2ccc(F)c(F)c2C(F)(F)F)CC1. The molecule has 2 aromatic rings. The molecule has 0 bridgehead atoms. The maximum atomic E-state index is 13.5. The van der Waals surface area contributed by atoms with Gasteiger partial charge >= 0.3 is 6.18 Å². The van der Waals surface area contributed by atoms with Crippen LogP contribution in [0.15, 0.2) is 12.1 Å². The summed E-state index contributed by atoms with van der Waals surface area (Å²) in [4.78, 5) is 25.9. The van der Waals surface area contributed by atoms with Crippen LogP contribution in [0.5, 0.6) is 0 Å². The Kier molecular flexibility index (Phi) is 8.06. The fourth-order valence-electron chi connectivity index (χ4n) is 4.39. The van der Waals surface area contributed by atoms with E-state index in [-0.39, 0.29) is 17.4 Å². The number of alkyl halides is 3. The van der Waals surface area contributed by atoms with Gasteiger partial charge in [0.15, 0.2) is 17.9 Å². The molecule has 0 unspecified atom stereocenters. The summed E-state index contributed by atoms with van der Waals surface area (Å²) >= 11 is 0. The molecule has 0 spiro atoms. The van der Waals surface area contributed by atoms with Crippen molar-refractivity contribution in [1.82, 2.24) is 20.0 Å². The average molecular weight is 486 g/mol. The van der Waals surface area contributed by atoms with Crippen molar-refractivity contribution in [2.45, 2.75) is 51.2 Å². The fourth-order valence-corrected chi connectivity index (χ4v) is 4.39. The molecule has 1 N–H and O–H groups in total. The Morgan fingerprint density at radius 1 is 1.21 bits per heavy atom. The van der Waals surface area contributed by atoms with Gasteiger partial charge in [-0.15, -0.1) is 0 Å². The topological polar surface area (TPSA) is 69.3 Å². The number of halogens is 5. The van der Waals surface area contributed by atoms with Crippen molar-refractivity contribution < 1.29 is 31.5 Å². The lowest BCUT2D eigenvalue weighted by atomic mass is 9.86. The summed E-state index contributed by atoms with van der Waals surface area (Å²) in [6, 6.07) is 1.84. The number of nitrogens with one attached hydrogen (secondary N) is 1. The molecule has 1 aromatic heterocycles. The third kappa shape index (κ3) is 5.63. The number of carbonyl (C=O) groups is 2. The largest absolute Gasteiger partial charge is 0.419 e. The van der Waals surface area contributed by atoms with E-state index in [1.54, 1.807) is 4.90 Å². The number of nitrogens with zero attached hydrogens (tertiary/aromatic N) is 3. The molecule has 0 aliphatic carbocycles. The minimum atomic E-state index is -4.87. The molecule has 1 saturated heterocycles. The number of H-pyrrole nitrogens is 1. The summed E-state index contributed by atoms with van der Waals surface area (Å²) in [6.45, 7) is 4.38. The molecule has 4 rings (SSSR count). The van der Waals surface area contributed by atoms with Crippen LogP contribution in [-0.2, 0) is 23.9 Å². The number of piperidine rings is 1. The first-order chi connectivity index (χ1) is 16.1. The van der Waals surface area contributed by atoms with Crippen LogP contribution >= 0.6 is 0 Å². The molecule has 0 saturated carbocycles. The molecule has 1 fully saturated rings. The second-order valence-corrected chi connectivity index (χ2v) is 8.50. The first-order valence-electron chi connectivity index (χ1n) is 11.1. The molecular formula is C23H27F5N4O2. The lowest BCUT2D eigenvalue weighted by Crippen LogP contribution is -2.35. The van der Waals surface area contributed by atoms with Crippen molar-refractivity contribution in [3.05, 3.63) is 51.8 Å². The quantitative estimate of drug-likeness (QED) is 0.519. The number of aromatic nitrogens is 2. The van der Waals surface area contributed by atoms with E-state index in [0.29, 0.717) is 57.6 Å². The second kappa shape index (κ2) is 10.6. The second-order valence-electron chi connectivity index (χ2n) is 8.50. The lowest BCUT2D eigenvalue weighted by molar-refractivity contribution is -0.141. The number of amides is 1. The lowest BCUT2D eigenvalue weighted by Gasteiger charge is -2.30. The van der Waals surface area contributed by atoms with E-state index in [9.17, 15) is 31.5 Å². The maximum Gasteiger partial charge on any atom is 0.419 e. The van der Waals surface area contributed by atoms with E-state index in [1.165, 1.54) is 0 Å². The van der Waals surface area contributed by atoms with Gasteiger partial charge in [-0.2, -0.15) is 18.3 Å². The fraction of sp³-hybridized carbons (Fsp3) is 0.522. The Bertz CT molecular complexity index is 1030. The Labute approximate surface area is 194 Å². The average Bonchev–Trinajstić information content (AvgIpc) is 3.22. The highest BCUT2D eigenvalue weighted by molar-refractivity contribution is 5.77. The zero-order chi connectivity index (χ0) is 25.0. The monoisotopic (exact) mass is 486 g/mol. The van der Waals surface area contributed by atoms with E-state index in [0.717, 1.165) is 29.7 Å². The third-order valence-electron chi connectivity index (χ3n) is 6.30. The van der Waals surface area contributed by atoms with Crippen LogP contribution in [0.4, 0.5) is 22.0 Å². The number of hydrogen-bond acceptors (Lipinski definition) is 4. The van der Waals surface area contributed by atoms with Crippen LogP contribution in [0, 0.1) is 11.6 Å². The van der Waals surface area contributed by atoms with Crippen molar-refractivity contribution >= 4 is 12.2 Å². The zero-order valence-corrected chi connectivity index (χ0v) is 19.0. The Morgan fingerprint density at radius 2 is 1.88 bits per heavy atom. The van der Waals surface area contributed by atoms with Gasteiger partial charge in [-0.05, 0) is 56.9 Å². The number of hydrogen-bond donors (Lipinski definition) is 1. The normalized spacial score (nSPS) is 17.1. The number of benzene rings is 1. The van der Waals surface area contributed by atoms with Crippen LogP contribution in [0.3, 0.4) is 0 Å². The summed E-state index contributed by atoms with van der Waals surface area (Å²) in [5.74, 6) is -3.47. The van der Waals surface area contributed by atoms with Gasteiger partial charge in [0.1, 0.15) is 5.69 Å². The van der Waals surface area contributed by atoms with E-state index in [2.05, 4.69) is 10.2 Å². The van der Waals surface area contributed by atoms with Crippen molar-refractivity contribution in [3.8, 4) is 0 Å². The summed E-state index contributed by atoms with van der Waals surface area (Å²) in [7, 11) is 1.88. The first-order valence-corrected chi connectivity index (χ1v) is 11.1. The van der Waals surface area contributed by atoms with Crippen LogP contribution in [-0.4, -0.2) is 58.9 Å². The van der Waals surface area contributed by atoms with Crippen molar-refractivity contribution in [3.63, 3.8) is 0 Å². The summed E-state index contributed by atoms with van der Waals surface area (Å²) in [6.07, 6.45) is -1.84. The number of carbonyl (C=O) groups excluding carboxylic acids is 2. The molecule has 186 valence electrons. The summed E-state index contributed by atoms with van der Waals surface area (Å²) < 4.78 is 65.2. The molecule has 6 nitrogen and oxygen atoms in total. The maximum absolute atomic E-state index is 13.5. The van der Waals surface area contributed by atoms with Gasteiger partial charge in [0.05, 0.1) is 17.8 Å². The van der Waals surface area contributed by atoms with Crippen LogP contribution in [0.2, 0.25) is 0 Å². The van der Waals surface area contributed by atoms with E-state index >= 15 is 0 Å². The van der Waals surface area contributed by atoms with Crippen molar-refractivity contribution in [1.29, 1.82) is 0 Å². The number of likely N-dealkylation sites (tertiary alicyclic amines) is 1.